The Morgan fingerprint density at radius 3 is 2.69 bits per heavy atom. The molecule has 0 aliphatic carbocycles. The molecule has 0 spiro atoms. The molecule has 0 aliphatic rings. The van der Waals surface area contributed by atoms with E-state index in [0.29, 0.717) is 6.54 Å². The molecule has 2 heterocycles. The lowest BCUT2D eigenvalue weighted by molar-refractivity contribution is 0.774. The molecule has 0 aliphatic heterocycles. The van der Waals surface area contributed by atoms with Crippen molar-refractivity contribution in [3.05, 3.63) is 58.1 Å². The van der Waals surface area contributed by atoms with Crippen LogP contribution in [-0.4, -0.2) is 19.5 Å². The summed E-state index contributed by atoms with van der Waals surface area (Å²) in [7, 11) is 0. The van der Waals surface area contributed by atoms with E-state index in [1.54, 1.807) is 6.33 Å². The maximum atomic E-state index is 5.93. The van der Waals surface area contributed by atoms with Gasteiger partial charge in [0.25, 0.3) is 0 Å². The van der Waals surface area contributed by atoms with Crippen molar-refractivity contribution in [3.63, 3.8) is 0 Å². The second-order valence-corrected chi connectivity index (χ2v) is 6.59. The lowest BCUT2D eigenvalue weighted by Crippen LogP contribution is -2.02. The first-order valence-corrected chi connectivity index (χ1v) is 8.80. The van der Waals surface area contributed by atoms with Crippen molar-refractivity contribution >= 4 is 64.0 Å². The monoisotopic (exact) mass is 405 g/mol. The molecule has 2 aromatic carbocycles. The van der Waals surface area contributed by atoms with E-state index in [9.17, 15) is 0 Å². The van der Waals surface area contributed by atoms with Crippen molar-refractivity contribution in [2.24, 2.45) is 0 Å². The number of halogens is 2. The number of benzene rings is 2. The molecule has 0 amide bonds. The Balaban J connectivity index is 0.00000196. The molecule has 0 radical (unpaired) electrons. The number of H-pyrrole nitrogens is 1. The average molecular weight is 406 g/mol. The Hall–Kier alpha value is -2.15. The third-order valence-corrected chi connectivity index (χ3v) is 4.79. The number of aromatic amines is 1. The van der Waals surface area contributed by atoms with Crippen LogP contribution >= 0.6 is 36.2 Å². The number of fused-ring (bicyclic) bond motifs is 2. The molecule has 0 atom stereocenters. The number of imidazole rings is 1. The van der Waals surface area contributed by atoms with Gasteiger partial charge >= 0.3 is 0 Å². The maximum absolute atomic E-state index is 5.93. The van der Waals surface area contributed by atoms with Gasteiger partial charge in [-0.3, -0.25) is 0 Å². The van der Waals surface area contributed by atoms with Crippen molar-refractivity contribution in [1.29, 1.82) is 0 Å². The summed E-state index contributed by atoms with van der Waals surface area (Å²) in [6.07, 6.45) is 1.58. The fraction of sp³-hybridized carbons (Fsp3) is 0.167. The second-order valence-electron chi connectivity index (χ2n) is 5.76. The zero-order chi connectivity index (χ0) is 17.4. The summed E-state index contributed by atoms with van der Waals surface area (Å²) in [5.74, 6) is 0.797. The molecule has 8 heteroatoms. The van der Waals surface area contributed by atoms with E-state index >= 15 is 0 Å². The van der Waals surface area contributed by atoms with Crippen molar-refractivity contribution in [2.45, 2.75) is 20.0 Å². The first-order valence-electron chi connectivity index (χ1n) is 8.01. The summed E-state index contributed by atoms with van der Waals surface area (Å²) in [6, 6.07) is 11.9. The fourth-order valence-electron chi connectivity index (χ4n) is 2.95. The van der Waals surface area contributed by atoms with Gasteiger partial charge in [-0.15, -0.1) is 12.4 Å². The Morgan fingerprint density at radius 2 is 1.96 bits per heavy atom. The van der Waals surface area contributed by atoms with E-state index in [1.807, 2.05) is 24.3 Å². The van der Waals surface area contributed by atoms with E-state index in [0.717, 1.165) is 49.7 Å². The summed E-state index contributed by atoms with van der Waals surface area (Å²) in [4.78, 5) is 12.1. The zero-order valence-electron chi connectivity index (χ0n) is 14.0. The SMILES string of the molecule is CCn1c(=S)[nH]c2cc3c(NCc4ccc(Cl)cc4)ncnc3cc21.Cl. The van der Waals surface area contributed by atoms with Gasteiger partial charge in [-0.05, 0) is 49.0 Å². The van der Waals surface area contributed by atoms with Crippen LogP contribution in [0.2, 0.25) is 5.02 Å². The number of aromatic nitrogens is 4. The minimum Gasteiger partial charge on any atom is -0.365 e. The first-order chi connectivity index (χ1) is 12.2. The second kappa shape index (κ2) is 7.61. The summed E-state index contributed by atoms with van der Waals surface area (Å²) >= 11 is 11.3. The van der Waals surface area contributed by atoms with Crippen LogP contribution in [-0.2, 0) is 13.1 Å². The lowest BCUT2D eigenvalue weighted by Gasteiger charge is -2.09. The van der Waals surface area contributed by atoms with Crippen molar-refractivity contribution in [2.75, 3.05) is 5.32 Å². The van der Waals surface area contributed by atoms with E-state index in [-0.39, 0.29) is 12.4 Å². The number of aryl methyl sites for hydroxylation is 1. The quantitative estimate of drug-likeness (QED) is 0.449. The molecule has 134 valence electrons. The van der Waals surface area contributed by atoms with Crippen molar-refractivity contribution < 1.29 is 0 Å². The number of anilines is 1. The van der Waals surface area contributed by atoms with Crippen LogP contribution in [0, 0.1) is 4.77 Å². The number of hydrogen-bond donors (Lipinski definition) is 2. The molecule has 4 rings (SSSR count). The molecule has 5 nitrogen and oxygen atoms in total. The lowest BCUT2D eigenvalue weighted by atomic mass is 10.2. The van der Waals surface area contributed by atoms with E-state index in [1.165, 1.54) is 0 Å². The van der Waals surface area contributed by atoms with Crippen LogP contribution in [0.5, 0.6) is 0 Å². The zero-order valence-corrected chi connectivity index (χ0v) is 16.4. The number of nitrogens with one attached hydrogen (secondary N) is 2. The minimum absolute atomic E-state index is 0. The summed E-state index contributed by atoms with van der Waals surface area (Å²) in [5, 5.41) is 5.07. The standard InChI is InChI=1S/C18H16ClN5S.ClH/c1-2-24-16-8-14-13(7-15(16)23-18(24)25)17(22-10-21-14)20-9-11-3-5-12(19)6-4-11;/h3-8,10H,2,9H2,1H3,(H,23,25)(H,20,21,22);1H. The Bertz CT molecular complexity index is 1120. The van der Waals surface area contributed by atoms with Gasteiger partial charge in [-0.25, -0.2) is 9.97 Å². The fourth-order valence-corrected chi connectivity index (χ4v) is 3.41. The topological polar surface area (TPSA) is 58.5 Å². The third-order valence-electron chi connectivity index (χ3n) is 4.22. The van der Waals surface area contributed by atoms with Crippen LogP contribution in [0.4, 0.5) is 5.82 Å². The molecular weight excluding hydrogens is 389 g/mol. The molecule has 4 aromatic rings. The van der Waals surface area contributed by atoms with Gasteiger partial charge in [-0.1, -0.05) is 23.7 Å². The van der Waals surface area contributed by atoms with Crippen LogP contribution in [0.15, 0.2) is 42.7 Å². The van der Waals surface area contributed by atoms with Gasteiger partial charge in [0, 0.05) is 23.5 Å². The number of nitrogens with zero attached hydrogens (tertiary/aromatic N) is 3. The smallest absolute Gasteiger partial charge is 0.178 e. The highest BCUT2D eigenvalue weighted by molar-refractivity contribution is 7.71. The molecule has 0 fully saturated rings. The highest BCUT2D eigenvalue weighted by atomic mass is 35.5. The summed E-state index contributed by atoms with van der Waals surface area (Å²) < 4.78 is 2.78. The van der Waals surface area contributed by atoms with Crippen LogP contribution in [0.1, 0.15) is 12.5 Å². The van der Waals surface area contributed by atoms with E-state index in [2.05, 4.69) is 43.9 Å². The number of hydrogen-bond acceptors (Lipinski definition) is 4. The molecule has 2 aromatic heterocycles. The molecule has 26 heavy (non-hydrogen) atoms. The number of rotatable bonds is 4. The van der Waals surface area contributed by atoms with Crippen molar-refractivity contribution in [3.8, 4) is 0 Å². The van der Waals surface area contributed by atoms with Gasteiger partial charge in [-0.2, -0.15) is 0 Å². The van der Waals surface area contributed by atoms with Crippen LogP contribution in [0.3, 0.4) is 0 Å². The van der Waals surface area contributed by atoms with E-state index in [4.69, 9.17) is 23.8 Å². The molecule has 0 bridgehead atoms. The molecule has 0 saturated carbocycles. The molecular formula is C18H17Cl2N5S. The molecule has 0 saturated heterocycles. The van der Waals surface area contributed by atoms with Gasteiger partial charge in [0.1, 0.15) is 12.1 Å². The van der Waals surface area contributed by atoms with Gasteiger partial charge < -0.3 is 14.9 Å². The third kappa shape index (κ3) is 3.40. The van der Waals surface area contributed by atoms with Crippen LogP contribution < -0.4 is 5.32 Å². The van der Waals surface area contributed by atoms with Gasteiger partial charge in [0.2, 0.25) is 0 Å². The van der Waals surface area contributed by atoms with Gasteiger partial charge in [0.15, 0.2) is 4.77 Å². The minimum atomic E-state index is 0. The predicted molar refractivity (Wildman–Crippen MR) is 112 cm³/mol. The normalized spacial score (nSPS) is 10.8. The highest BCUT2D eigenvalue weighted by Gasteiger charge is 2.09. The maximum Gasteiger partial charge on any atom is 0.178 e. The van der Waals surface area contributed by atoms with Gasteiger partial charge in [0.05, 0.1) is 16.6 Å². The first kappa shape index (κ1) is 18.6. The highest BCUT2D eigenvalue weighted by Crippen LogP contribution is 2.26. The Morgan fingerprint density at radius 1 is 1.19 bits per heavy atom. The van der Waals surface area contributed by atoms with Crippen LogP contribution in [0.25, 0.3) is 21.9 Å². The summed E-state index contributed by atoms with van der Waals surface area (Å²) in [6.45, 7) is 3.55. The van der Waals surface area contributed by atoms with Crippen molar-refractivity contribution in [1.82, 2.24) is 19.5 Å². The largest absolute Gasteiger partial charge is 0.365 e. The molecule has 0 unspecified atom stereocenters. The Labute approximate surface area is 166 Å². The summed E-state index contributed by atoms with van der Waals surface area (Å²) in [5.41, 5.74) is 4.07. The molecule has 2 N–H and O–H groups in total. The predicted octanol–water partition coefficient (Wildman–Crippen LogP) is 5.35. The van der Waals surface area contributed by atoms with E-state index < -0.39 is 0 Å². The Kier molecular flexibility index (Phi) is 5.46. The average Bonchev–Trinajstić information content (AvgIpc) is 2.93.